The van der Waals surface area contributed by atoms with Crippen LogP contribution in [0.1, 0.15) is 22.3 Å². The minimum atomic E-state index is -4.65. The van der Waals surface area contributed by atoms with Gasteiger partial charge in [0.2, 0.25) is 0 Å². The molecule has 0 saturated heterocycles. The van der Waals surface area contributed by atoms with Gasteiger partial charge in [0.25, 0.3) is 0 Å². The zero-order chi connectivity index (χ0) is 41.3. The molecule has 0 aliphatic heterocycles. The van der Waals surface area contributed by atoms with E-state index in [1.807, 2.05) is 36.4 Å². The molecule has 0 amide bonds. The van der Waals surface area contributed by atoms with Gasteiger partial charge >= 0.3 is 6.18 Å². The van der Waals surface area contributed by atoms with E-state index in [-0.39, 0.29) is 5.69 Å². The smallest absolute Gasteiger partial charge is 0.309 e. The summed E-state index contributed by atoms with van der Waals surface area (Å²) in [7, 11) is 0. The third-order valence-corrected chi connectivity index (χ3v) is 11.5. The molecule has 0 unspecified atom stereocenters. The first-order valence-electron chi connectivity index (χ1n) is 19.5. The molecule has 4 nitrogen and oxygen atoms in total. The molecule has 286 valence electrons. The van der Waals surface area contributed by atoms with E-state index in [1.165, 1.54) is 6.07 Å². The highest BCUT2D eigenvalue weighted by molar-refractivity contribution is 6.13. The van der Waals surface area contributed by atoms with Crippen LogP contribution >= 0.6 is 0 Å². The number of rotatable bonds is 5. The summed E-state index contributed by atoms with van der Waals surface area (Å²) in [6.45, 7) is 12.4. The Labute approximate surface area is 344 Å². The summed E-state index contributed by atoms with van der Waals surface area (Å²) in [5, 5.41) is 14.6. The van der Waals surface area contributed by atoms with Gasteiger partial charge in [-0.2, -0.15) is 18.4 Å². The quantitative estimate of drug-likeness (QED) is 0.160. The van der Waals surface area contributed by atoms with Crippen molar-refractivity contribution in [2.24, 2.45) is 0 Å². The van der Waals surface area contributed by atoms with Crippen molar-refractivity contribution in [2.45, 2.75) is 20.0 Å². The van der Waals surface area contributed by atoms with Gasteiger partial charge in [-0.15, -0.1) is 0 Å². The zero-order valence-corrected chi connectivity index (χ0v) is 32.5. The van der Waals surface area contributed by atoms with Crippen molar-refractivity contribution in [3.8, 4) is 50.8 Å². The monoisotopic (exact) mass is 782 g/mol. The van der Waals surface area contributed by atoms with Crippen LogP contribution in [0, 0.1) is 31.8 Å². The third-order valence-electron chi connectivity index (χ3n) is 11.5. The van der Waals surface area contributed by atoms with Crippen LogP contribution in [0.15, 0.2) is 164 Å². The van der Waals surface area contributed by atoms with E-state index in [0.29, 0.717) is 28.1 Å². The minimum Gasteiger partial charge on any atom is -0.309 e. The molecular formula is C53H33F3N4. The van der Waals surface area contributed by atoms with Gasteiger partial charge in [0.05, 0.1) is 51.6 Å². The van der Waals surface area contributed by atoms with E-state index in [2.05, 4.69) is 131 Å². The van der Waals surface area contributed by atoms with Gasteiger partial charge in [-0.05, 0) is 96.3 Å². The lowest BCUT2D eigenvalue weighted by molar-refractivity contribution is -0.137. The number of hydrogen-bond donors (Lipinski definition) is 0. The third kappa shape index (κ3) is 5.91. The zero-order valence-electron chi connectivity index (χ0n) is 32.5. The highest BCUT2D eigenvalue weighted by Crippen LogP contribution is 2.47. The average molecular weight is 783 g/mol. The van der Waals surface area contributed by atoms with Gasteiger partial charge in [-0.3, -0.25) is 0 Å². The number of aromatic nitrogens is 2. The first-order valence-corrected chi connectivity index (χ1v) is 19.5. The van der Waals surface area contributed by atoms with E-state index in [9.17, 15) is 18.4 Å². The highest BCUT2D eigenvalue weighted by atomic mass is 19.4. The maximum Gasteiger partial charge on any atom is 0.415 e. The molecule has 10 aromatic rings. The summed E-state index contributed by atoms with van der Waals surface area (Å²) in [5.41, 5.74) is 11.1. The van der Waals surface area contributed by atoms with Gasteiger partial charge in [0.1, 0.15) is 0 Å². The molecule has 10 rings (SSSR count). The van der Waals surface area contributed by atoms with Crippen LogP contribution in [0.5, 0.6) is 0 Å². The molecule has 0 aliphatic rings. The maximum absolute atomic E-state index is 14.2. The minimum absolute atomic E-state index is 0.151. The Kier molecular flexibility index (Phi) is 8.45. The number of fused-ring (bicyclic) bond motifs is 6. The van der Waals surface area contributed by atoms with Crippen molar-refractivity contribution in [2.75, 3.05) is 0 Å². The summed E-state index contributed by atoms with van der Waals surface area (Å²) in [6.07, 6.45) is -4.65. The molecule has 0 bridgehead atoms. The van der Waals surface area contributed by atoms with E-state index in [0.717, 1.165) is 89.1 Å². The Bertz CT molecular complexity index is 3260. The lowest BCUT2D eigenvalue weighted by Gasteiger charge is -2.22. The molecule has 60 heavy (non-hydrogen) atoms. The van der Waals surface area contributed by atoms with Crippen LogP contribution < -0.4 is 0 Å². The van der Waals surface area contributed by atoms with Crippen LogP contribution in [-0.4, -0.2) is 9.13 Å². The van der Waals surface area contributed by atoms with Gasteiger partial charge < -0.3 is 9.13 Å². The van der Waals surface area contributed by atoms with E-state index >= 15 is 0 Å². The number of nitriles is 1. The van der Waals surface area contributed by atoms with Gasteiger partial charge in [-0.25, -0.2) is 4.85 Å². The van der Waals surface area contributed by atoms with Crippen molar-refractivity contribution in [1.29, 1.82) is 5.26 Å². The Morgan fingerprint density at radius 3 is 1.42 bits per heavy atom. The summed E-state index contributed by atoms with van der Waals surface area (Å²) in [5.74, 6) is 0. The molecule has 2 aromatic heterocycles. The molecule has 0 spiro atoms. The molecule has 0 N–H and O–H groups in total. The second-order valence-electron chi connectivity index (χ2n) is 15.2. The number of nitrogens with zero attached hydrogens (tertiary/aromatic N) is 4. The van der Waals surface area contributed by atoms with Crippen molar-refractivity contribution in [3.05, 3.63) is 197 Å². The normalized spacial score (nSPS) is 11.7. The number of benzene rings is 8. The summed E-state index contributed by atoms with van der Waals surface area (Å²) < 4.78 is 46.9. The van der Waals surface area contributed by atoms with Gasteiger partial charge in [-0.1, -0.05) is 120 Å². The molecular weight excluding hydrogens is 750 g/mol. The predicted molar refractivity (Wildman–Crippen MR) is 237 cm³/mol. The van der Waals surface area contributed by atoms with Crippen molar-refractivity contribution >= 4 is 49.3 Å². The number of para-hydroxylation sites is 2. The molecule has 2 heterocycles. The van der Waals surface area contributed by atoms with Gasteiger partial charge in [0, 0.05) is 32.7 Å². The van der Waals surface area contributed by atoms with Crippen molar-refractivity contribution in [3.63, 3.8) is 0 Å². The van der Waals surface area contributed by atoms with Crippen molar-refractivity contribution < 1.29 is 13.2 Å². The molecule has 0 aliphatic carbocycles. The fourth-order valence-electron chi connectivity index (χ4n) is 8.63. The fraction of sp³-hybridized carbons (Fsp3) is 0.0566. The largest absolute Gasteiger partial charge is 0.415 e. The Hall–Kier alpha value is -7.87. The standard InChI is InChI=1S/C53H33F3N4/c1-32-12-16-35(17-13-32)37-20-24-48-43(28-37)40-8-4-6-10-46(40)59(48)50-26-34(31-57)27-51(52(50)42-23-22-39(53(54,55)56)30-45(42)58-3)60-47-11-7-5-9-41(47)44-29-38(21-25-49(44)60)36-18-14-33(2)15-19-36/h4-30H,1-2H3. The Morgan fingerprint density at radius 1 is 0.517 bits per heavy atom. The molecule has 8 aromatic carbocycles. The average Bonchev–Trinajstić information content (AvgIpc) is 3.78. The van der Waals surface area contributed by atoms with Crippen LogP contribution in [-0.2, 0) is 6.18 Å². The number of aryl methyl sites for hydroxylation is 2. The lowest BCUT2D eigenvalue weighted by Crippen LogP contribution is -2.07. The van der Waals surface area contributed by atoms with Crippen LogP contribution in [0.2, 0.25) is 0 Å². The first kappa shape index (κ1) is 36.5. The van der Waals surface area contributed by atoms with E-state index in [4.69, 9.17) is 6.57 Å². The topological polar surface area (TPSA) is 38.0 Å². The predicted octanol–water partition coefficient (Wildman–Crippen LogP) is 14.9. The SMILES string of the molecule is [C-]#[N+]c1cc(C(F)(F)F)ccc1-c1c(-n2c3ccccc3c3cc(-c4ccc(C)cc4)ccc32)cc(C#N)cc1-n1c2ccccc2c2cc(-c3ccc(C)cc3)ccc21. The van der Waals surface area contributed by atoms with Crippen LogP contribution in [0.3, 0.4) is 0 Å². The molecule has 7 heteroatoms. The summed E-state index contributed by atoms with van der Waals surface area (Å²) in [4.78, 5) is 3.73. The lowest BCUT2D eigenvalue weighted by atomic mass is 9.95. The first-order chi connectivity index (χ1) is 29.1. The molecule has 0 radical (unpaired) electrons. The Balaban J connectivity index is 1.34. The Morgan fingerprint density at radius 2 is 0.967 bits per heavy atom. The molecule has 0 atom stereocenters. The van der Waals surface area contributed by atoms with Gasteiger partial charge in [0.15, 0.2) is 5.69 Å². The summed E-state index contributed by atoms with van der Waals surface area (Å²) in [6, 6.07) is 54.7. The summed E-state index contributed by atoms with van der Waals surface area (Å²) >= 11 is 0. The second-order valence-corrected chi connectivity index (χ2v) is 15.2. The number of alkyl halides is 3. The van der Waals surface area contributed by atoms with E-state index in [1.54, 1.807) is 12.1 Å². The maximum atomic E-state index is 14.2. The van der Waals surface area contributed by atoms with Crippen molar-refractivity contribution in [1.82, 2.24) is 9.13 Å². The molecule has 0 saturated carbocycles. The number of hydrogen-bond acceptors (Lipinski definition) is 1. The second kappa shape index (κ2) is 13.9. The van der Waals surface area contributed by atoms with Crippen LogP contribution in [0.4, 0.5) is 18.9 Å². The fourth-order valence-corrected chi connectivity index (χ4v) is 8.63. The number of halogens is 3. The van der Waals surface area contributed by atoms with E-state index < -0.39 is 11.7 Å². The van der Waals surface area contributed by atoms with Crippen LogP contribution in [0.25, 0.3) is 93.2 Å². The highest BCUT2D eigenvalue weighted by Gasteiger charge is 2.32. The molecule has 0 fully saturated rings.